The molecule has 0 aliphatic heterocycles. The summed E-state index contributed by atoms with van der Waals surface area (Å²) in [5.74, 6) is -2.12. The molecule has 0 aromatic carbocycles. The summed E-state index contributed by atoms with van der Waals surface area (Å²) in [5.41, 5.74) is -2.77. The van der Waals surface area contributed by atoms with Crippen LogP contribution in [0.4, 0.5) is 0 Å². The van der Waals surface area contributed by atoms with E-state index in [1.165, 1.54) is 24.3 Å². The van der Waals surface area contributed by atoms with Gasteiger partial charge in [0.25, 0.3) is 0 Å². The van der Waals surface area contributed by atoms with Crippen molar-refractivity contribution >= 4 is 11.6 Å². The predicted octanol–water partition coefficient (Wildman–Crippen LogP) is 1.10. The lowest BCUT2D eigenvalue weighted by atomic mass is 9.86. The van der Waals surface area contributed by atoms with Gasteiger partial charge >= 0.3 is 0 Å². The summed E-state index contributed by atoms with van der Waals surface area (Å²) in [6.45, 7) is 0. The maximum atomic E-state index is 11.5. The molecule has 0 unspecified atom stereocenters. The van der Waals surface area contributed by atoms with Crippen LogP contribution in [0.15, 0.2) is 22.3 Å². The van der Waals surface area contributed by atoms with E-state index in [0.717, 1.165) is 0 Å². The summed E-state index contributed by atoms with van der Waals surface area (Å²) in [4.78, 5) is 22.9. The van der Waals surface area contributed by atoms with Gasteiger partial charge in [-0.05, 0) is 0 Å². The van der Waals surface area contributed by atoms with Crippen molar-refractivity contribution in [1.29, 1.82) is 21.0 Å². The van der Waals surface area contributed by atoms with Gasteiger partial charge in [-0.3, -0.25) is 9.59 Å². The van der Waals surface area contributed by atoms with Crippen molar-refractivity contribution in [3.8, 4) is 24.3 Å². The minimum absolute atomic E-state index is 0. The topological polar surface area (TPSA) is 129 Å². The van der Waals surface area contributed by atoms with Crippen LogP contribution in [0.2, 0.25) is 0 Å². The number of Topliss-reactive ketones (excluding diaryl/α,β-unsaturated/α-hetero) is 2. The Labute approximate surface area is 104 Å². The van der Waals surface area contributed by atoms with Crippen molar-refractivity contribution < 1.29 is 9.59 Å². The summed E-state index contributed by atoms with van der Waals surface area (Å²) in [5, 5.41) is 34.4. The summed E-state index contributed by atoms with van der Waals surface area (Å²) in [7, 11) is 0. The average molecular weight is 240 g/mol. The molecule has 1 aliphatic carbocycles. The fraction of sp³-hybridized carbons (Fsp3) is 0.167. The van der Waals surface area contributed by atoms with Gasteiger partial charge in [0, 0.05) is 0 Å². The number of nitriles is 4. The van der Waals surface area contributed by atoms with Crippen LogP contribution in [-0.2, 0) is 9.59 Å². The molecule has 0 bridgehead atoms. The van der Waals surface area contributed by atoms with Crippen LogP contribution in [0.5, 0.6) is 0 Å². The highest BCUT2D eigenvalue weighted by Gasteiger charge is 2.35. The Bertz CT molecular complexity index is 530. The molecule has 0 N–H and O–H groups in total. The summed E-state index contributed by atoms with van der Waals surface area (Å²) in [6.07, 6.45) is 0. The Morgan fingerprint density at radius 1 is 0.556 bits per heavy atom. The minimum atomic E-state index is -1.06. The molecule has 0 aromatic rings. The molecular formula is C12H8N4O2. The number of rotatable bonds is 0. The van der Waals surface area contributed by atoms with Crippen molar-refractivity contribution in [2.75, 3.05) is 0 Å². The van der Waals surface area contributed by atoms with Gasteiger partial charge in [0.15, 0.2) is 0 Å². The van der Waals surface area contributed by atoms with Gasteiger partial charge in [-0.1, -0.05) is 14.9 Å². The predicted molar refractivity (Wildman–Crippen MR) is 60.0 cm³/mol. The monoisotopic (exact) mass is 240 g/mol. The first-order valence-electron chi connectivity index (χ1n) is 3.80. The third kappa shape index (κ3) is 2.14. The van der Waals surface area contributed by atoms with Crippen molar-refractivity contribution in [3.05, 3.63) is 22.3 Å². The van der Waals surface area contributed by atoms with E-state index >= 15 is 0 Å². The van der Waals surface area contributed by atoms with Gasteiger partial charge in [-0.15, -0.1) is 0 Å². The molecular weight excluding hydrogens is 232 g/mol. The zero-order valence-electron chi connectivity index (χ0n) is 7.61. The molecule has 1 rings (SSSR count). The van der Waals surface area contributed by atoms with Gasteiger partial charge in [0.05, 0.1) is 0 Å². The standard InChI is InChI=1S/C10N4O2.2CH4/c11-1-5-6(2-12)10(16)8(4-14)7(3-13)9(5)15;;/h;2*1H4. The minimum Gasteiger partial charge on any atom is -0.287 e. The Morgan fingerprint density at radius 2 is 0.722 bits per heavy atom. The van der Waals surface area contributed by atoms with Crippen molar-refractivity contribution in [2.45, 2.75) is 14.9 Å². The molecule has 0 heterocycles. The third-order valence-corrected chi connectivity index (χ3v) is 1.86. The van der Waals surface area contributed by atoms with Crippen LogP contribution >= 0.6 is 0 Å². The first-order valence-corrected chi connectivity index (χ1v) is 3.80. The van der Waals surface area contributed by atoms with Gasteiger partial charge in [-0.2, -0.15) is 21.0 Å². The number of allylic oxidation sites excluding steroid dienone is 4. The number of ketones is 2. The number of hydrogen-bond acceptors (Lipinski definition) is 6. The van der Waals surface area contributed by atoms with Crippen LogP contribution < -0.4 is 0 Å². The van der Waals surface area contributed by atoms with Crippen LogP contribution in [-0.4, -0.2) is 11.6 Å². The van der Waals surface area contributed by atoms with Crippen LogP contribution in [0.25, 0.3) is 0 Å². The van der Waals surface area contributed by atoms with Crippen molar-refractivity contribution in [2.24, 2.45) is 0 Å². The van der Waals surface area contributed by atoms with Crippen LogP contribution in [0.1, 0.15) is 14.9 Å². The van der Waals surface area contributed by atoms with Crippen LogP contribution in [0.3, 0.4) is 0 Å². The highest BCUT2D eigenvalue weighted by atomic mass is 16.1. The molecule has 0 atom stereocenters. The first-order chi connectivity index (χ1) is 7.62. The lowest BCUT2D eigenvalue weighted by molar-refractivity contribution is -0.115. The second-order valence-electron chi connectivity index (χ2n) is 2.61. The highest BCUT2D eigenvalue weighted by Crippen LogP contribution is 2.23. The van der Waals surface area contributed by atoms with E-state index in [-0.39, 0.29) is 14.9 Å². The molecule has 88 valence electrons. The van der Waals surface area contributed by atoms with E-state index in [2.05, 4.69) is 0 Å². The third-order valence-electron chi connectivity index (χ3n) is 1.86. The van der Waals surface area contributed by atoms with Crippen molar-refractivity contribution in [1.82, 2.24) is 0 Å². The fourth-order valence-corrected chi connectivity index (χ4v) is 1.13. The van der Waals surface area contributed by atoms with E-state index in [9.17, 15) is 9.59 Å². The normalized spacial score (nSPS) is 13.3. The molecule has 0 radical (unpaired) electrons. The fourth-order valence-electron chi connectivity index (χ4n) is 1.13. The molecule has 6 heteroatoms. The van der Waals surface area contributed by atoms with Gasteiger partial charge in [0.1, 0.15) is 46.6 Å². The number of carbonyl (C=O) groups is 2. The quantitative estimate of drug-likeness (QED) is 0.582. The maximum absolute atomic E-state index is 11.5. The molecule has 0 amide bonds. The van der Waals surface area contributed by atoms with E-state index < -0.39 is 33.9 Å². The molecule has 0 saturated carbocycles. The Morgan fingerprint density at radius 3 is 0.833 bits per heavy atom. The molecule has 6 nitrogen and oxygen atoms in total. The molecule has 18 heavy (non-hydrogen) atoms. The largest absolute Gasteiger partial charge is 0.287 e. The SMILES string of the molecule is C.C.N#CC1=C(C#N)C(=O)C(C#N)=C(C#N)C1=O. The number of nitrogens with zero attached hydrogens (tertiary/aromatic N) is 4. The Kier molecular flexibility index (Phi) is 6.09. The zero-order valence-corrected chi connectivity index (χ0v) is 7.61. The van der Waals surface area contributed by atoms with Crippen LogP contribution in [0, 0.1) is 45.3 Å². The molecule has 1 aliphatic rings. The Hall–Kier alpha value is -3.22. The van der Waals surface area contributed by atoms with Crippen molar-refractivity contribution in [3.63, 3.8) is 0 Å². The van der Waals surface area contributed by atoms with E-state index in [1.54, 1.807) is 0 Å². The van der Waals surface area contributed by atoms with E-state index in [0.29, 0.717) is 0 Å². The molecule has 0 fully saturated rings. The Balaban J connectivity index is 0. The van der Waals surface area contributed by atoms with E-state index in [4.69, 9.17) is 21.0 Å². The second kappa shape index (κ2) is 6.38. The van der Waals surface area contributed by atoms with E-state index in [1.807, 2.05) is 0 Å². The lowest BCUT2D eigenvalue weighted by Crippen LogP contribution is -2.21. The van der Waals surface area contributed by atoms with Gasteiger partial charge < -0.3 is 0 Å². The number of carbonyl (C=O) groups excluding carboxylic acids is 2. The summed E-state index contributed by atoms with van der Waals surface area (Å²) < 4.78 is 0. The smallest absolute Gasteiger partial charge is 0.217 e. The lowest BCUT2D eigenvalue weighted by Gasteiger charge is -2.08. The summed E-state index contributed by atoms with van der Waals surface area (Å²) in [6, 6.07) is 5.54. The summed E-state index contributed by atoms with van der Waals surface area (Å²) >= 11 is 0. The second-order valence-corrected chi connectivity index (χ2v) is 2.61. The molecule has 0 spiro atoms. The highest BCUT2D eigenvalue weighted by molar-refractivity contribution is 6.30. The molecule has 0 saturated heterocycles. The maximum Gasteiger partial charge on any atom is 0.217 e. The molecule has 0 aromatic heterocycles. The zero-order chi connectivity index (χ0) is 12.3. The number of hydrogen-bond donors (Lipinski definition) is 0. The van der Waals surface area contributed by atoms with Gasteiger partial charge in [0.2, 0.25) is 11.6 Å². The van der Waals surface area contributed by atoms with Gasteiger partial charge in [-0.25, -0.2) is 0 Å². The average Bonchev–Trinajstić information content (AvgIpc) is 2.30. The first kappa shape index (κ1) is 17.2.